The minimum Gasteiger partial charge on any atom is -0.392 e. The van der Waals surface area contributed by atoms with Gasteiger partial charge in [-0.15, -0.1) is 0 Å². The summed E-state index contributed by atoms with van der Waals surface area (Å²) in [7, 11) is 0. The van der Waals surface area contributed by atoms with Gasteiger partial charge in [0.25, 0.3) is 0 Å². The molecule has 52 valence electrons. The number of β-amino-alcohol motifs (C(OH)–C–C–N with tert-alkyl or cyclic N) is 1. The third-order valence-electron chi connectivity index (χ3n) is 2.70. The number of aliphatic hydroxyl groups is 1. The predicted octanol–water partition coefficient (Wildman–Crippen LogP) is -0.0249. The maximum absolute atomic E-state index is 9.16. The van der Waals surface area contributed by atoms with Gasteiger partial charge in [0.1, 0.15) is 0 Å². The number of fused-ring (bicyclic) bond motifs is 1. The highest BCUT2D eigenvalue weighted by molar-refractivity contribution is 5.04. The van der Waals surface area contributed by atoms with Crippen molar-refractivity contribution in [2.75, 3.05) is 6.54 Å². The Morgan fingerprint density at radius 3 is 2.89 bits per heavy atom. The van der Waals surface area contributed by atoms with Crippen LogP contribution < -0.4 is 5.32 Å². The van der Waals surface area contributed by atoms with E-state index in [-0.39, 0.29) is 6.10 Å². The Morgan fingerprint density at radius 2 is 2.33 bits per heavy atom. The molecular weight excluding hydrogens is 114 g/mol. The lowest BCUT2D eigenvalue weighted by Crippen LogP contribution is -2.34. The Balaban J connectivity index is 1.96. The molecule has 2 nitrogen and oxygen atoms in total. The van der Waals surface area contributed by atoms with Crippen molar-refractivity contribution in [3.8, 4) is 0 Å². The smallest absolute Gasteiger partial charge is 0.0668 e. The topological polar surface area (TPSA) is 32.3 Å². The highest BCUT2D eigenvalue weighted by Crippen LogP contribution is 2.43. The Kier molecular flexibility index (Phi) is 1.08. The molecule has 2 heteroatoms. The summed E-state index contributed by atoms with van der Waals surface area (Å²) in [6, 6.07) is 0.744. The third kappa shape index (κ3) is 0.775. The second kappa shape index (κ2) is 1.70. The zero-order chi connectivity index (χ0) is 6.43. The largest absolute Gasteiger partial charge is 0.392 e. The number of aliphatic hydroxyl groups excluding tert-OH is 1. The molecule has 1 saturated heterocycles. The van der Waals surface area contributed by atoms with E-state index in [1.807, 2.05) is 0 Å². The molecule has 0 aromatic rings. The Morgan fingerprint density at radius 1 is 1.56 bits per heavy atom. The van der Waals surface area contributed by atoms with Crippen LogP contribution in [0.15, 0.2) is 0 Å². The van der Waals surface area contributed by atoms with E-state index in [9.17, 15) is 0 Å². The molecule has 2 aliphatic rings. The molecule has 0 bridgehead atoms. The molecule has 1 heterocycles. The summed E-state index contributed by atoms with van der Waals surface area (Å²) in [6.07, 6.45) is 0.954. The van der Waals surface area contributed by atoms with E-state index in [2.05, 4.69) is 12.2 Å². The molecule has 0 radical (unpaired) electrons. The van der Waals surface area contributed by atoms with Crippen LogP contribution in [0.4, 0.5) is 0 Å². The van der Waals surface area contributed by atoms with Crippen molar-refractivity contribution < 1.29 is 5.11 Å². The number of nitrogens with one attached hydrogen (secondary N) is 1. The van der Waals surface area contributed by atoms with E-state index in [0.29, 0.717) is 0 Å². The standard InChI is InChI=1S/C7H13NO/c1-4-6-2-5(9)3-8-7(4)6/h4-9H,2-3H2,1H3/t4-,5+,6+,7-/m1/s1. The lowest BCUT2D eigenvalue weighted by molar-refractivity contribution is 0.138. The SMILES string of the molecule is C[C@@H]1[C@@H]2C[C@H](O)CN[C@H]12. The highest BCUT2D eigenvalue weighted by atomic mass is 16.3. The van der Waals surface area contributed by atoms with E-state index in [4.69, 9.17) is 5.11 Å². The summed E-state index contributed by atoms with van der Waals surface area (Å²) >= 11 is 0. The van der Waals surface area contributed by atoms with Gasteiger partial charge in [0.05, 0.1) is 6.10 Å². The van der Waals surface area contributed by atoms with Gasteiger partial charge in [-0.3, -0.25) is 0 Å². The minimum absolute atomic E-state index is 0.0730. The quantitative estimate of drug-likeness (QED) is 0.479. The van der Waals surface area contributed by atoms with E-state index in [0.717, 1.165) is 30.8 Å². The van der Waals surface area contributed by atoms with Crippen LogP contribution in [-0.2, 0) is 0 Å². The third-order valence-corrected chi connectivity index (χ3v) is 2.70. The number of rotatable bonds is 0. The molecule has 0 amide bonds. The van der Waals surface area contributed by atoms with Crippen molar-refractivity contribution in [3.63, 3.8) is 0 Å². The lowest BCUT2D eigenvalue weighted by atomic mass is 10.1. The maximum atomic E-state index is 9.16. The molecule has 2 fully saturated rings. The van der Waals surface area contributed by atoms with Crippen LogP contribution in [0.1, 0.15) is 13.3 Å². The monoisotopic (exact) mass is 127 g/mol. The zero-order valence-corrected chi connectivity index (χ0v) is 5.67. The highest BCUT2D eigenvalue weighted by Gasteiger charge is 2.49. The van der Waals surface area contributed by atoms with Crippen molar-refractivity contribution in [3.05, 3.63) is 0 Å². The van der Waals surface area contributed by atoms with Gasteiger partial charge in [0.15, 0.2) is 0 Å². The molecule has 2 N–H and O–H groups in total. The molecule has 1 saturated carbocycles. The van der Waals surface area contributed by atoms with Gasteiger partial charge in [0.2, 0.25) is 0 Å². The van der Waals surface area contributed by atoms with Crippen LogP contribution in [-0.4, -0.2) is 23.8 Å². The van der Waals surface area contributed by atoms with Crippen molar-refractivity contribution in [2.24, 2.45) is 11.8 Å². The van der Waals surface area contributed by atoms with E-state index < -0.39 is 0 Å². The van der Waals surface area contributed by atoms with E-state index in [1.165, 1.54) is 0 Å². The average molecular weight is 127 g/mol. The first-order chi connectivity index (χ1) is 4.29. The number of hydrogen-bond donors (Lipinski definition) is 2. The average Bonchev–Trinajstić information content (AvgIpc) is 2.43. The zero-order valence-electron chi connectivity index (χ0n) is 5.67. The first kappa shape index (κ1) is 5.69. The van der Waals surface area contributed by atoms with Crippen molar-refractivity contribution in [2.45, 2.75) is 25.5 Å². The molecule has 0 aromatic heterocycles. The fourth-order valence-corrected chi connectivity index (χ4v) is 1.91. The molecule has 4 atom stereocenters. The van der Waals surface area contributed by atoms with Crippen LogP contribution in [0.2, 0.25) is 0 Å². The lowest BCUT2D eigenvalue weighted by Gasteiger charge is -2.15. The molecule has 0 spiro atoms. The molecular formula is C7H13NO. The van der Waals surface area contributed by atoms with Crippen LogP contribution >= 0.6 is 0 Å². The molecule has 1 aliphatic heterocycles. The summed E-state index contributed by atoms with van der Waals surface area (Å²) in [5.41, 5.74) is 0. The summed E-state index contributed by atoms with van der Waals surface area (Å²) < 4.78 is 0. The number of piperidine rings is 1. The van der Waals surface area contributed by atoms with Crippen molar-refractivity contribution in [1.29, 1.82) is 0 Å². The van der Waals surface area contributed by atoms with Crippen molar-refractivity contribution >= 4 is 0 Å². The van der Waals surface area contributed by atoms with Crippen LogP contribution in [0.3, 0.4) is 0 Å². The summed E-state index contributed by atoms with van der Waals surface area (Å²) in [5, 5.41) is 12.5. The molecule has 2 rings (SSSR count). The summed E-state index contributed by atoms with van der Waals surface area (Å²) in [6.45, 7) is 3.06. The van der Waals surface area contributed by atoms with Gasteiger partial charge in [-0.1, -0.05) is 6.92 Å². The van der Waals surface area contributed by atoms with Crippen molar-refractivity contribution in [1.82, 2.24) is 5.32 Å². The van der Waals surface area contributed by atoms with Gasteiger partial charge in [-0.2, -0.15) is 0 Å². The number of hydrogen-bond acceptors (Lipinski definition) is 2. The fourth-order valence-electron chi connectivity index (χ4n) is 1.91. The summed E-state index contributed by atoms with van der Waals surface area (Å²) in [5.74, 6) is 1.61. The van der Waals surface area contributed by atoms with E-state index >= 15 is 0 Å². The molecule has 1 aliphatic carbocycles. The molecule has 9 heavy (non-hydrogen) atoms. The van der Waals surface area contributed by atoms with Crippen LogP contribution in [0.5, 0.6) is 0 Å². The van der Waals surface area contributed by atoms with Gasteiger partial charge in [-0.05, 0) is 18.3 Å². The fraction of sp³-hybridized carbons (Fsp3) is 1.00. The Bertz CT molecular complexity index is 126. The molecule has 0 aromatic carbocycles. The Labute approximate surface area is 55.3 Å². The van der Waals surface area contributed by atoms with E-state index in [1.54, 1.807) is 0 Å². The maximum Gasteiger partial charge on any atom is 0.0668 e. The Hall–Kier alpha value is -0.0800. The summed E-state index contributed by atoms with van der Waals surface area (Å²) in [4.78, 5) is 0. The van der Waals surface area contributed by atoms with Gasteiger partial charge >= 0.3 is 0 Å². The van der Waals surface area contributed by atoms with Crippen LogP contribution in [0, 0.1) is 11.8 Å². The predicted molar refractivity (Wildman–Crippen MR) is 35.1 cm³/mol. The van der Waals surface area contributed by atoms with Crippen LogP contribution in [0.25, 0.3) is 0 Å². The molecule has 0 unspecified atom stereocenters. The first-order valence-electron chi connectivity index (χ1n) is 3.70. The minimum atomic E-state index is -0.0730. The second-order valence-corrected chi connectivity index (χ2v) is 3.35. The van der Waals surface area contributed by atoms with Gasteiger partial charge in [0, 0.05) is 12.6 Å². The van der Waals surface area contributed by atoms with Gasteiger partial charge < -0.3 is 10.4 Å². The van der Waals surface area contributed by atoms with Gasteiger partial charge in [-0.25, -0.2) is 0 Å². The first-order valence-corrected chi connectivity index (χ1v) is 3.70. The second-order valence-electron chi connectivity index (χ2n) is 3.35. The normalized spacial score (nSPS) is 56.7.